The van der Waals surface area contributed by atoms with Crippen molar-refractivity contribution in [1.82, 2.24) is 14.7 Å². The number of nitrogens with zero attached hydrogens (tertiary/aromatic N) is 3. The van der Waals surface area contributed by atoms with Crippen molar-refractivity contribution >= 4 is 5.69 Å². The fraction of sp³-hybridized carbons (Fsp3) is 0.700. The third-order valence-corrected chi connectivity index (χ3v) is 2.92. The molecule has 1 atom stereocenters. The quantitative estimate of drug-likeness (QED) is 0.777. The van der Waals surface area contributed by atoms with Crippen LogP contribution in [-0.4, -0.2) is 40.9 Å². The molecule has 0 radical (unpaired) electrons. The van der Waals surface area contributed by atoms with Gasteiger partial charge in [0, 0.05) is 25.8 Å². The molecule has 4 nitrogen and oxygen atoms in total. The average Bonchev–Trinajstić information content (AvgIpc) is 2.72. The van der Waals surface area contributed by atoms with Crippen LogP contribution in [0, 0.1) is 0 Å². The van der Waals surface area contributed by atoms with Gasteiger partial charge in [0.1, 0.15) is 0 Å². The third-order valence-electron chi connectivity index (χ3n) is 2.92. The van der Waals surface area contributed by atoms with Crippen LogP contribution in [0.1, 0.15) is 12.8 Å². The number of aryl methyl sites for hydroxylation is 1. The molecule has 1 aromatic heterocycles. The van der Waals surface area contributed by atoms with Gasteiger partial charge in [-0.3, -0.25) is 4.68 Å². The van der Waals surface area contributed by atoms with E-state index in [1.807, 2.05) is 24.1 Å². The Bertz CT molecular complexity index is 294. The smallest absolute Gasteiger partial charge is 0.0726 e. The molecule has 1 saturated heterocycles. The Labute approximate surface area is 84.9 Å². The second kappa shape index (κ2) is 4.00. The number of likely N-dealkylation sites (tertiary alicyclic amines) is 1. The maximum absolute atomic E-state index is 4.12. The normalized spacial score (nSPS) is 22.9. The Hall–Kier alpha value is -1.03. The molecule has 0 aliphatic carbocycles. The van der Waals surface area contributed by atoms with Crippen LogP contribution in [0.2, 0.25) is 0 Å². The predicted octanol–water partition coefficient (Wildman–Crippen LogP) is 0.926. The molecule has 1 N–H and O–H groups in total. The maximum Gasteiger partial charge on any atom is 0.0726 e. The molecule has 1 aromatic rings. The summed E-state index contributed by atoms with van der Waals surface area (Å²) in [5.41, 5.74) is 1.12. The number of likely N-dealkylation sites (N-methyl/N-ethyl adjacent to an activating group) is 1. The molecule has 4 heteroatoms. The van der Waals surface area contributed by atoms with E-state index in [1.54, 1.807) is 0 Å². The van der Waals surface area contributed by atoms with Gasteiger partial charge in [0.05, 0.1) is 11.9 Å². The Morgan fingerprint density at radius 1 is 1.57 bits per heavy atom. The largest absolute Gasteiger partial charge is 0.381 e. The third kappa shape index (κ3) is 2.07. The summed E-state index contributed by atoms with van der Waals surface area (Å²) in [5.74, 6) is 0. The maximum atomic E-state index is 4.12. The van der Waals surface area contributed by atoms with E-state index >= 15 is 0 Å². The van der Waals surface area contributed by atoms with Gasteiger partial charge in [-0.25, -0.2) is 0 Å². The Morgan fingerprint density at radius 3 is 3.00 bits per heavy atom. The number of rotatable bonds is 3. The minimum Gasteiger partial charge on any atom is -0.381 e. The molecular weight excluding hydrogens is 176 g/mol. The van der Waals surface area contributed by atoms with E-state index in [0.29, 0.717) is 6.04 Å². The van der Waals surface area contributed by atoms with Gasteiger partial charge in [0.25, 0.3) is 0 Å². The summed E-state index contributed by atoms with van der Waals surface area (Å²) >= 11 is 0. The van der Waals surface area contributed by atoms with Crippen molar-refractivity contribution in [3.8, 4) is 0 Å². The second-order valence-electron chi connectivity index (χ2n) is 4.06. The predicted molar refractivity (Wildman–Crippen MR) is 57.3 cm³/mol. The number of hydrogen-bond acceptors (Lipinski definition) is 3. The van der Waals surface area contributed by atoms with E-state index in [-0.39, 0.29) is 0 Å². The number of nitrogens with one attached hydrogen (secondary N) is 1. The SMILES string of the molecule is CN1CCC[C@H]1CNc1cnn(C)c1. The zero-order valence-electron chi connectivity index (χ0n) is 8.90. The molecule has 1 aliphatic heterocycles. The summed E-state index contributed by atoms with van der Waals surface area (Å²) in [7, 11) is 4.13. The summed E-state index contributed by atoms with van der Waals surface area (Å²) in [4.78, 5) is 2.42. The lowest BCUT2D eigenvalue weighted by molar-refractivity contribution is 0.322. The minimum atomic E-state index is 0.690. The van der Waals surface area contributed by atoms with Gasteiger partial charge in [-0.15, -0.1) is 0 Å². The first-order chi connectivity index (χ1) is 6.75. The van der Waals surface area contributed by atoms with Gasteiger partial charge in [-0.05, 0) is 26.4 Å². The van der Waals surface area contributed by atoms with Crippen molar-refractivity contribution < 1.29 is 0 Å². The van der Waals surface area contributed by atoms with Gasteiger partial charge in [0.15, 0.2) is 0 Å². The van der Waals surface area contributed by atoms with E-state index in [9.17, 15) is 0 Å². The van der Waals surface area contributed by atoms with Crippen LogP contribution in [0.4, 0.5) is 5.69 Å². The molecule has 0 aromatic carbocycles. The standard InChI is InChI=1S/C10H18N4/c1-13-5-3-4-10(13)7-11-9-6-12-14(2)8-9/h6,8,10-11H,3-5,7H2,1-2H3/t10-/m0/s1. The van der Waals surface area contributed by atoms with Gasteiger partial charge < -0.3 is 10.2 Å². The van der Waals surface area contributed by atoms with Gasteiger partial charge in [-0.1, -0.05) is 0 Å². The minimum absolute atomic E-state index is 0.690. The highest BCUT2D eigenvalue weighted by atomic mass is 15.3. The fourth-order valence-electron chi connectivity index (χ4n) is 1.99. The molecule has 0 amide bonds. The molecule has 14 heavy (non-hydrogen) atoms. The van der Waals surface area contributed by atoms with Gasteiger partial charge in [0.2, 0.25) is 0 Å². The molecule has 1 aliphatic rings. The zero-order valence-corrected chi connectivity index (χ0v) is 8.90. The zero-order chi connectivity index (χ0) is 9.97. The van der Waals surface area contributed by atoms with Crippen molar-refractivity contribution in [3.63, 3.8) is 0 Å². The molecule has 78 valence electrons. The lowest BCUT2D eigenvalue weighted by Crippen LogP contribution is -2.31. The van der Waals surface area contributed by atoms with Gasteiger partial charge in [-0.2, -0.15) is 5.10 Å². The highest BCUT2D eigenvalue weighted by Gasteiger charge is 2.20. The monoisotopic (exact) mass is 194 g/mol. The summed E-state index contributed by atoms with van der Waals surface area (Å²) in [6.07, 6.45) is 6.52. The first-order valence-electron chi connectivity index (χ1n) is 5.18. The van der Waals surface area contributed by atoms with E-state index in [1.165, 1.54) is 19.4 Å². The van der Waals surface area contributed by atoms with Crippen LogP contribution in [0.15, 0.2) is 12.4 Å². The van der Waals surface area contributed by atoms with Crippen LogP contribution in [0.5, 0.6) is 0 Å². The van der Waals surface area contributed by atoms with Crippen LogP contribution >= 0.6 is 0 Å². The molecule has 0 bridgehead atoms. The Kier molecular flexibility index (Phi) is 2.72. The summed E-state index contributed by atoms with van der Waals surface area (Å²) in [5, 5.41) is 7.53. The first kappa shape index (κ1) is 9.52. The highest BCUT2D eigenvalue weighted by molar-refractivity contribution is 5.38. The first-order valence-corrected chi connectivity index (χ1v) is 5.18. The van der Waals surface area contributed by atoms with Crippen molar-refractivity contribution in [2.24, 2.45) is 7.05 Å². The highest BCUT2D eigenvalue weighted by Crippen LogP contribution is 2.15. The lowest BCUT2D eigenvalue weighted by atomic mass is 10.2. The molecule has 0 spiro atoms. The topological polar surface area (TPSA) is 33.1 Å². The summed E-state index contributed by atoms with van der Waals surface area (Å²) in [6, 6.07) is 0.690. The number of aromatic nitrogens is 2. The number of anilines is 1. The van der Waals surface area contributed by atoms with E-state index in [4.69, 9.17) is 0 Å². The fourth-order valence-corrected chi connectivity index (χ4v) is 1.99. The lowest BCUT2D eigenvalue weighted by Gasteiger charge is -2.19. The van der Waals surface area contributed by atoms with Crippen LogP contribution in [0.3, 0.4) is 0 Å². The van der Waals surface area contributed by atoms with E-state index in [2.05, 4.69) is 22.4 Å². The van der Waals surface area contributed by atoms with E-state index in [0.717, 1.165) is 12.2 Å². The molecule has 2 heterocycles. The van der Waals surface area contributed by atoms with Crippen LogP contribution < -0.4 is 5.32 Å². The van der Waals surface area contributed by atoms with Gasteiger partial charge >= 0.3 is 0 Å². The van der Waals surface area contributed by atoms with Crippen molar-refractivity contribution in [2.45, 2.75) is 18.9 Å². The average molecular weight is 194 g/mol. The Morgan fingerprint density at radius 2 is 2.43 bits per heavy atom. The number of hydrogen-bond donors (Lipinski definition) is 1. The second-order valence-corrected chi connectivity index (χ2v) is 4.06. The summed E-state index contributed by atoms with van der Waals surface area (Å²) in [6.45, 7) is 2.27. The van der Waals surface area contributed by atoms with E-state index < -0.39 is 0 Å². The molecule has 2 rings (SSSR count). The van der Waals surface area contributed by atoms with Crippen LogP contribution in [-0.2, 0) is 7.05 Å². The van der Waals surface area contributed by atoms with Crippen LogP contribution in [0.25, 0.3) is 0 Å². The summed E-state index contributed by atoms with van der Waals surface area (Å²) < 4.78 is 1.82. The van der Waals surface area contributed by atoms with Crippen molar-refractivity contribution in [1.29, 1.82) is 0 Å². The molecular formula is C10H18N4. The van der Waals surface area contributed by atoms with Crippen molar-refractivity contribution in [3.05, 3.63) is 12.4 Å². The molecule has 0 unspecified atom stereocenters. The molecule has 0 saturated carbocycles. The molecule has 1 fully saturated rings. The van der Waals surface area contributed by atoms with Crippen molar-refractivity contribution in [2.75, 3.05) is 25.5 Å². The Balaban J connectivity index is 1.82.